The van der Waals surface area contributed by atoms with Crippen LogP contribution in [0.3, 0.4) is 0 Å². The largest absolute Gasteiger partial charge is 0.461 e. The molecular weight excluding hydrogens is 496 g/mol. The van der Waals surface area contributed by atoms with Crippen molar-refractivity contribution in [2.45, 2.75) is 136 Å². The minimum Gasteiger partial charge on any atom is -0.461 e. The molecule has 2 nitrogen and oxygen atoms in total. The zero-order valence-electron chi connectivity index (χ0n) is 23.6. The van der Waals surface area contributed by atoms with E-state index in [-0.39, 0.29) is 16.9 Å². The van der Waals surface area contributed by atoms with E-state index in [1.54, 1.807) is 5.57 Å². The summed E-state index contributed by atoms with van der Waals surface area (Å²) in [6, 6.07) is 0. The first-order valence-electron chi connectivity index (χ1n) is 15.1. The van der Waals surface area contributed by atoms with Crippen LogP contribution in [0.1, 0.15) is 125 Å². The van der Waals surface area contributed by atoms with Crippen molar-refractivity contribution >= 4 is 21.9 Å². The number of hydrogen-bond donors (Lipinski definition) is 0. The summed E-state index contributed by atoms with van der Waals surface area (Å²) in [5.74, 6) is 5.19. The van der Waals surface area contributed by atoms with E-state index in [2.05, 4.69) is 63.5 Å². The van der Waals surface area contributed by atoms with E-state index in [4.69, 9.17) is 4.74 Å². The number of hydrogen-bond acceptors (Lipinski definition) is 2. The first-order valence-corrected chi connectivity index (χ1v) is 16.1. The molecule has 3 fully saturated rings. The van der Waals surface area contributed by atoms with E-state index >= 15 is 0 Å². The Morgan fingerprint density at radius 1 is 1.06 bits per heavy atom. The highest BCUT2D eigenvalue weighted by molar-refractivity contribution is 9.10. The molecule has 0 heterocycles. The summed E-state index contributed by atoms with van der Waals surface area (Å²) in [5, 5.41) is 0. The van der Waals surface area contributed by atoms with Crippen LogP contribution in [-0.2, 0) is 9.53 Å². The van der Waals surface area contributed by atoms with Crippen LogP contribution in [0.15, 0.2) is 11.6 Å². The van der Waals surface area contributed by atoms with Crippen molar-refractivity contribution in [1.29, 1.82) is 0 Å². The average Bonchev–Trinajstić information content (AvgIpc) is 3.16. The topological polar surface area (TPSA) is 26.3 Å². The van der Waals surface area contributed by atoms with Crippen molar-refractivity contribution in [3.63, 3.8) is 0 Å². The van der Waals surface area contributed by atoms with Crippen molar-refractivity contribution in [3.8, 4) is 0 Å². The summed E-state index contributed by atoms with van der Waals surface area (Å²) in [6.07, 6.45) is 19.0. The second-order valence-corrected chi connectivity index (χ2v) is 15.0. The normalized spacial score (nSPS) is 40.3. The van der Waals surface area contributed by atoms with Gasteiger partial charge >= 0.3 is 5.97 Å². The minimum absolute atomic E-state index is 0.0531. The summed E-state index contributed by atoms with van der Waals surface area (Å²) >= 11 is 3.53. The smallest absolute Gasteiger partial charge is 0.320 e. The van der Waals surface area contributed by atoms with Gasteiger partial charge in [-0.15, -0.1) is 0 Å². The van der Waals surface area contributed by atoms with Gasteiger partial charge in [-0.2, -0.15) is 0 Å². The molecule has 0 aromatic heterocycles. The van der Waals surface area contributed by atoms with Crippen LogP contribution in [-0.4, -0.2) is 16.9 Å². The molecule has 9 atom stereocenters. The molecule has 3 heteroatoms. The summed E-state index contributed by atoms with van der Waals surface area (Å²) in [6.45, 7) is 14.7. The van der Waals surface area contributed by atoms with Crippen LogP contribution in [0.5, 0.6) is 0 Å². The molecule has 0 saturated heterocycles. The fourth-order valence-corrected chi connectivity index (χ4v) is 9.93. The summed E-state index contributed by atoms with van der Waals surface area (Å²) in [4.78, 5) is 12.4. The minimum atomic E-state index is -0.148. The molecule has 0 aromatic rings. The molecule has 0 amide bonds. The van der Waals surface area contributed by atoms with Gasteiger partial charge < -0.3 is 4.74 Å². The van der Waals surface area contributed by atoms with Crippen LogP contribution in [0.4, 0.5) is 0 Å². The molecule has 0 unspecified atom stereocenters. The third-order valence-electron chi connectivity index (χ3n) is 11.3. The fraction of sp³-hybridized carbons (Fsp3) is 0.906. The maximum atomic E-state index is 12.5. The highest BCUT2D eigenvalue weighted by Crippen LogP contribution is 2.67. The molecule has 0 N–H and O–H groups in total. The zero-order chi connectivity index (χ0) is 25.4. The maximum absolute atomic E-state index is 12.5. The van der Waals surface area contributed by atoms with E-state index in [0.717, 1.165) is 61.2 Å². The first-order chi connectivity index (χ1) is 16.6. The molecule has 4 rings (SSSR count). The predicted molar refractivity (Wildman–Crippen MR) is 151 cm³/mol. The predicted octanol–water partition coefficient (Wildman–Crippen LogP) is 9.50. The van der Waals surface area contributed by atoms with Gasteiger partial charge in [-0.25, -0.2) is 0 Å². The molecule has 0 spiro atoms. The van der Waals surface area contributed by atoms with Gasteiger partial charge in [-0.1, -0.05) is 94.8 Å². The van der Waals surface area contributed by atoms with Gasteiger partial charge in [0, 0.05) is 6.42 Å². The summed E-state index contributed by atoms with van der Waals surface area (Å²) in [7, 11) is 0. The number of rotatable bonds is 9. The van der Waals surface area contributed by atoms with Crippen LogP contribution in [0.25, 0.3) is 0 Å². The number of alkyl halides is 1. The molecule has 0 aliphatic heterocycles. The van der Waals surface area contributed by atoms with E-state index in [0.29, 0.717) is 10.8 Å². The van der Waals surface area contributed by atoms with Gasteiger partial charge in [0.2, 0.25) is 0 Å². The molecule has 4 aliphatic carbocycles. The van der Waals surface area contributed by atoms with Crippen LogP contribution >= 0.6 is 15.9 Å². The number of ether oxygens (including phenoxy) is 1. The Morgan fingerprint density at radius 2 is 1.83 bits per heavy atom. The van der Waals surface area contributed by atoms with E-state index < -0.39 is 0 Å². The summed E-state index contributed by atoms with van der Waals surface area (Å²) < 4.78 is 5.98. The van der Waals surface area contributed by atoms with Crippen LogP contribution < -0.4 is 0 Å². The first kappa shape index (κ1) is 27.7. The van der Waals surface area contributed by atoms with Crippen molar-refractivity contribution in [3.05, 3.63) is 11.6 Å². The lowest BCUT2D eigenvalue weighted by Crippen LogP contribution is -2.51. The molecule has 3 saturated carbocycles. The average molecular weight is 550 g/mol. The Kier molecular flexibility index (Phi) is 8.87. The van der Waals surface area contributed by atoms with Gasteiger partial charge in [-0.3, -0.25) is 4.79 Å². The van der Waals surface area contributed by atoms with E-state index in [9.17, 15) is 4.79 Å². The van der Waals surface area contributed by atoms with Crippen LogP contribution in [0.2, 0.25) is 0 Å². The quantitative estimate of drug-likeness (QED) is 0.163. The highest BCUT2D eigenvalue weighted by Gasteiger charge is 2.59. The second-order valence-electron chi connectivity index (χ2n) is 13.8. The van der Waals surface area contributed by atoms with Gasteiger partial charge in [-0.05, 0) is 97.7 Å². The van der Waals surface area contributed by atoms with Gasteiger partial charge in [0.15, 0.2) is 0 Å². The molecule has 4 aliphatic rings. The zero-order valence-corrected chi connectivity index (χ0v) is 25.2. The molecule has 0 radical (unpaired) electrons. The number of carbonyl (C=O) groups excluding carboxylic acids is 1. The maximum Gasteiger partial charge on any atom is 0.320 e. The Morgan fingerprint density at radius 3 is 2.54 bits per heavy atom. The Balaban J connectivity index is 1.42. The summed E-state index contributed by atoms with van der Waals surface area (Å²) in [5.41, 5.74) is 2.49. The Bertz CT molecular complexity index is 774. The number of allylic oxidation sites excluding steroid dienone is 1. The number of carbonyl (C=O) groups is 1. The molecule has 0 bridgehead atoms. The highest BCUT2D eigenvalue weighted by atomic mass is 79.9. The van der Waals surface area contributed by atoms with Gasteiger partial charge in [0.1, 0.15) is 10.9 Å². The standard InChI is InChI=1S/C32H53BrO2/c1-7-9-29(33)30(34)35-24-16-18-31(5)23(20-24)12-13-25-27-15-14-26(22(4)11-8-10-21(2)3)32(27,6)19-17-28(25)31/h12,21-22,24-29H,7-11,13-20H2,1-6H3/t22-,24+,25-,26+,27-,28-,29+,31+,32-/m1/s1. The molecule has 200 valence electrons. The molecule has 35 heavy (non-hydrogen) atoms. The van der Waals surface area contributed by atoms with Crippen molar-refractivity contribution in [2.75, 3.05) is 0 Å². The second kappa shape index (κ2) is 11.2. The van der Waals surface area contributed by atoms with Crippen molar-refractivity contribution in [2.24, 2.45) is 46.3 Å². The fourth-order valence-electron chi connectivity index (χ4n) is 9.36. The van der Waals surface area contributed by atoms with Crippen molar-refractivity contribution < 1.29 is 9.53 Å². The van der Waals surface area contributed by atoms with E-state index in [1.807, 2.05) is 0 Å². The van der Waals surface area contributed by atoms with E-state index in [1.165, 1.54) is 57.8 Å². The number of halogens is 1. The number of esters is 1. The Hall–Kier alpha value is -0.310. The lowest BCUT2D eigenvalue weighted by Gasteiger charge is -2.58. The lowest BCUT2D eigenvalue weighted by molar-refractivity contribution is -0.150. The van der Waals surface area contributed by atoms with Gasteiger partial charge in [0.25, 0.3) is 0 Å². The monoisotopic (exact) mass is 548 g/mol. The molecule has 0 aromatic carbocycles. The lowest BCUT2D eigenvalue weighted by atomic mass is 9.47. The van der Waals surface area contributed by atoms with Gasteiger partial charge in [0.05, 0.1) is 0 Å². The Labute approximate surface area is 224 Å². The van der Waals surface area contributed by atoms with Crippen molar-refractivity contribution in [1.82, 2.24) is 0 Å². The SMILES string of the molecule is CCC[C@H](Br)C(=O)O[C@H]1CC[C@@]2(C)C(=CC[C@@H]3[C@H]4CC[C@@H]([C@H](C)CCCC(C)C)[C@@]4(C)CC[C@H]32)C1. The molecular formula is C32H53BrO2. The number of fused-ring (bicyclic) bond motifs is 5. The van der Waals surface area contributed by atoms with Crippen LogP contribution in [0, 0.1) is 46.3 Å². The third-order valence-corrected chi connectivity index (χ3v) is 12.2. The third kappa shape index (κ3) is 5.46.